The highest BCUT2D eigenvalue weighted by Gasteiger charge is 2.17. The number of sulfonamides is 1. The molecule has 0 aliphatic heterocycles. The predicted octanol–water partition coefficient (Wildman–Crippen LogP) is 2.58. The summed E-state index contributed by atoms with van der Waals surface area (Å²) in [7, 11) is -3.52. The van der Waals surface area contributed by atoms with Crippen LogP contribution in [0.5, 0.6) is 0 Å². The standard InChI is InChI=1S/C12H17BrN2O2S/c1-8(2)4-5-15-18(16,17)12-7-11(14)10(13)6-9(12)3/h4,6-7,15H,5,14H2,1-3H3. The Morgan fingerprint density at radius 1 is 1.44 bits per heavy atom. The molecule has 4 nitrogen and oxygen atoms in total. The first-order valence-corrected chi connectivity index (χ1v) is 7.70. The molecule has 100 valence electrons. The van der Waals surface area contributed by atoms with Crippen LogP contribution in [0, 0.1) is 6.92 Å². The van der Waals surface area contributed by atoms with Gasteiger partial charge in [-0.2, -0.15) is 0 Å². The molecule has 0 amide bonds. The summed E-state index contributed by atoms with van der Waals surface area (Å²) in [6.45, 7) is 5.84. The minimum Gasteiger partial charge on any atom is -0.398 e. The summed E-state index contributed by atoms with van der Waals surface area (Å²) in [4.78, 5) is 0.213. The summed E-state index contributed by atoms with van der Waals surface area (Å²) in [6.07, 6.45) is 1.81. The third-order valence-electron chi connectivity index (χ3n) is 2.37. The Balaban J connectivity index is 3.06. The van der Waals surface area contributed by atoms with Gasteiger partial charge < -0.3 is 5.73 Å². The molecule has 1 aromatic rings. The van der Waals surface area contributed by atoms with Crippen molar-refractivity contribution in [2.75, 3.05) is 12.3 Å². The van der Waals surface area contributed by atoms with E-state index in [-0.39, 0.29) is 11.4 Å². The van der Waals surface area contributed by atoms with Crippen LogP contribution in [0.15, 0.2) is 33.2 Å². The zero-order valence-electron chi connectivity index (χ0n) is 10.6. The fourth-order valence-electron chi connectivity index (χ4n) is 1.39. The zero-order chi connectivity index (χ0) is 13.9. The molecule has 1 aromatic carbocycles. The lowest BCUT2D eigenvalue weighted by molar-refractivity contribution is 0.585. The van der Waals surface area contributed by atoms with Crippen molar-refractivity contribution in [1.82, 2.24) is 4.72 Å². The lowest BCUT2D eigenvalue weighted by Gasteiger charge is -2.10. The molecule has 0 saturated heterocycles. The maximum atomic E-state index is 12.1. The number of rotatable bonds is 4. The first-order valence-electron chi connectivity index (χ1n) is 5.42. The van der Waals surface area contributed by atoms with E-state index in [9.17, 15) is 8.42 Å². The predicted molar refractivity (Wildman–Crippen MR) is 77.9 cm³/mol. The summed E-state index contributed by atoms with van der Waals surface area (Å²) in [5.41, 5.74) is 7.83. The summed E-state index contributed by atoms with van der Waals surface area (Å²) in [6, 6.07) is 3.16. The molecule has 0 aliphatic carbocycles. The summed E-state index contributed by atoms with van der Waals surface area (Å²) in [5.74, 6) is 0. The van der Waals surface area contributed by atoms with E-state index in [4.69, 9.17) is 5.73 Å². The van der Waals surface area contributed by atoms with Gasteiger partial charge in [-0.05, 0) is 54.4 Å². The molecular weight excluding hydrogens is 316 g/mol. The van der Waals surface area contributed by atoms with Gasteiger partial charge in [-0.25, -0.2) is 13.1 Å². The number of nitrogens with two attached hydrogens (primary N) is 1. The highest BCUT2D eigenvalue weighted by molar-refractivity contribution is 9.10. The molecule has 0 fully saturated rings. The third-order valence-corrected chi connectivity index (χ3v) is 4.62. The number of hydrogen-bond donors (Lipinski definition) is 2. The van der Waals surface area contributed by atoms with Crippen LogP contribution in [0.25, 0.3) is 0 Å². The van der Waals surface area contributed by atoms with Crippen LogP contribution in [0.1, 0.15) is 19.4 Å². The topological polar surface area (TPSA) is 72.2 Å². The number of hydrogen-bond acceptors (Lipinski definition) is 3. The molecule has 0 radical (unpaired) electrons. The maximum Gasteiger partial charge on any atom is 0.241 e. The highest BCUT2D eigenvalue weighted by Crippen LogP contribution is 2.26. The molecule has 0 heterocycles. The molecule has 0 spiro atoms. The van der Waals surface area contributed by atoms with Crippen LogP contribution >= 0.6 is 15.9 Å². The number of anilines is 1. The van der Waals surface area contributed by atoms with Crippen LogP contribution in [-0.4, -0.2) is 15.0 Å². The van der Waals surface area contributed by atoms with E-state index in [1.54, 1.807) is 13.0 Å². The Labute approximate surface area is 116 Å². The Bertz CT molecular complexity index is 576. The first kappa shape index (κ1) is 15.2. The van der Waals surface area contributed by atoms with E-state index in [1.807, 2.05) is 19.9 Å². The van der Waals surface area contributed by atoms with E-state index in [0.717, 1.165) is 5.57 Å². The number of halogens is 1. The van der Waals surface area contributed by atoms with Crippen molar-refractivity contribution < 1.29 is 8.42 Å². The first-order chi connectivity index (χ1) is 8.24. The Kier molecular flexibility index (Phi) is 4.95. The minimum atomic E-state index is -3.52. The second-order valence-corrected chi connectivity index (χ2v) is 6.86. The summed E-state index contributed by atoms with van der Waals surface area (Å²) >= 11 is 3.27. The number of aryl methyl sites for hydroxylation is 1. The Morgan fingerprint density at radius 2 is 2.06 bits per heavy atom. The van der Waals surface area contributed by atoms with Crippen molar-refractivity contribution in [2.45, 2.75) is 25.7 Å². The van der Waals surface area contributed by atoms with Crippen molar-refractivity contribution in [1.29, 1.82) is 0 Å². The monoisotopic (exact) mass is 332 g/mol. The molecule has 0 aromatic heterocycles. The van der Waals surface area contributed by atoms with Crippen LogP contribution in [0.3, 0.4) is 0 Å². The SMILES string of the molecule is CC(C)=CCNS(=O)(=O)c1cc(N)c(Br)cc1C. The van der Waals surface area contributed by atoms with E-state index >= 15 is 0 Å². The van der Waals surface area contributed by atoms with Gasteiger partial charge in [-0.15, -0.1) is 0 Å². The highest BCUT2D eigenvalue weighted by atomic mass is 79.9. The minimum absolute atomic E-state index is 0.213. The van der Waals surface area contributed by atoms with Gasteiger partial charge in [0.1, 0.15) is 0 Å². The quantitative estimate of drug-likeness (QED) is 0.657. The molecule has 0 unspecified atom stereocenters. The molecule has 0 saturated carbocycles. The molecule has 6 heteroatoms. The molecular formula is C12H17BrN2O2S. The number of benzene rings is 1. The van der Waals surface area contributed by atoms with Crippen LogP contribution < -0.4 is 10.5 Å². The lowest BCUT2D eigenvalue weighted by atomic mass is 10.2. The molecule has 3 N–H and O–H groups in total. The van der Waals surface area contributed by atoms with Gasteiger partial charge in [0.05, 0.1) is 4.90 Å². The van der Waals surface area contributed by atoms with Gasteiger partial charge in [-0.1, -0.05) is 11.6 Å². The largest absolute Gasteiger partial charge is 0.398 e. The average molecular weight is 333 g/mol. The van der Waals surface area contributed by atoms with Crippen LogP contribution in [0.2, 0.25) is 0 Å². The second-order valence-electron chi connectivity index (χ2n) is 4.27. The van der Waals surface area contributed by atoms with Crippen LogP contribution in [-0.2, 0) is 10.0 Å². The van der Waals surface area contributed by atoms with E-state index < -0.39 is 10.0 Å². The zero-order valence-corrected chi connectivity index (χ0v) is 13.0. The smallest absolute Gasteiger partial charge is 0.241 e. The van der Waals surface area contributed by atoms with Gasteiger partial charge >= 0.3 is 0 Å². The fraction of sp³-hybridized carbons (Fsp3) is 0.333. The summed E-state index contributed by atoms with van der Waals surface area (Å²) < 4.78 is 27.4. The van der Waals surface area contributed by atoms with Gasteiger partial charge in [0.25, 0.3) is 0 Å². The van der Waals surface area contributed by atoms with E-state index in [0.29, 0.717) is 15.7 Å². The Hall–Kier alpha value is -0.850. The van der Waals surface area contributed by atoms with Crippen molar-refractivity contribution >= 4 is 31.6 Å². The fourth-order valence-corrected chi connectivity index (χ4v) is 3.07. The van der Waals surface area contributed by atoms with E-state index in [1.165, 1.54) is 6.07 Å². The molecule has 0 bridgehead atoms. The molecule has 0 aliphatic rings. The molecule has 0 atom stereocenters. The Morgan fingerprint density at radius 3 is 2.61 bits per heavy atom. The van der Waals surface area contributed by atoms with Crippen LogP contribution in [0.4, 0.5) is 5.69 Å². The average Bonchev–Trinajstić information content (AvgIpc) is 2.22. The van der Waals surface area contributed by atoms with Crippen molar-refractivity contribution in [2.24, 2.45) is 0 Å². The summed E-state index contributed by atoms with van der Waals surface area (Å²) in [5, 5.41) is 0. The third kappa shape index (κ3) is 3.83. The number of nitrogen functional groups attached to an aromatic ring is 1. The molecule has 18 heavy (non-hydrogen) atoms. The normalized spacial score (nSPS) is 11.3. The van der Waals surface area contributed by atoms with Gasteiger partial charge in [0, 0.05) is 16.7 Å². The number of nitrogens with one attached hydrogen (secondary N) is 1. The second kappa shape index (κ2) is 5.86. The molecule has 1 rings (SSSR count). The maximum absolute atomic E-state index is 12.1. The van der Waals surface area contributed by atoms with Gasteiger partial charge in [0.2, 0.25) is 10.0 Å². The van der Waals surface area contributed by atoms with Crippen molar-refractivity contribution in [3.8, 4) is 0 Å². The van der Waals surface area contributed by atoms with Gasteiger partial charge in [0.15, 0.2) is 0 Å². The van der Waals surface area contributed by atoms with Gasteiger partial charge in [-0.3, -0.25) is 0 Å². The lowest BCUT2D eigenvalue weighted by Crippen LogP contribution is -2.24. The van der Waals surface area contributed by atoms with E-state index in [2.05, 4.69) is 20.7 Å². The number of allylic oxidation sites excluding steroid dienone is 1. The van der Waals surface area contributed by atoms with Crippen molar-refractivity contribution in [3.05, 3.63) is 33.8 Å². The van der Waals surface area contributed by atoms with Crippen molar-refractivity contribution in [3.63, 3.8) is 0 Å².